The second kappa shape index (κ2) is 10.6. The van der Waals surface area contributed by atoms with Crippen molar-refractivity contribution >= 4 is 29.1 Å². The predicted octanol–water partition coefficient (Wildman–Crippen LogP) is 5.69. The molecule has 7 nitrogen and oxygen atoms in total. The number of hydrogen-bond acceptors (Lipinski definition) is 6. The van der Waals surface area contributed by atoms with Gasteiger partial charge >= 0.3 is 0 Å². The van der Waals surface area contributed by atoms with Gasteiger partial charge in [0.15, 0.2) is 11.5 Å². The largest absolute Gasteiger partial charge is 0.507 e. The van der Waals surface area contributed by atoms with E-state index in [0.29, 0.717) is 22.9 Å². The van der Waals surface area contributed by atoms with E-state index in [1.807, 2.05) is 32.0 Å². The van der Waals surface area contributed by atoms with Gasteiger partial charge < -0.3 is 24.6 Å². The molecule has 1 aliphatic rings. The van der Waals surface area contributed by atoms with Crippen LogP contribution in [0.5, 0.6) is 17.2 Å². The number of phenolic OH excluding ortho intramolecular Hbond substituents is 1. The van der Waals surface area contributed by atoms with E-state index in [9.17, 15) is 19.8 Å². The summed E-state index contributed by atoms with van der Waals surface area (Å²) in [6, 6.07) is 14.2. The number of benzene rings is 3. The average Bonchev–Trinajstić information content (AvgIpc) is 3.12. The Balaban J connectivity index is 1.92. The minimum atomic E-state index is -0.929. The maximum Gasteiger partial charge on any atom is 0.295 e. The lowest BCUT2D eigenvalue weighted by Gasteiger charge is -2.26. The summed E-state index contributed by atoms with van der Waals surface area (Å²) in [6.07, 6.45) is 0. The van der Waals surface area contributed by atoms with E-state index in [1.165, 1.54) is 24.1 Å². The number of methoxy groups -OCH3 is 1. The lowest BCUT2D eigenvalue weighted by molar-refractivity contribution is -0.140. The molecule has 8 heteroatoms. The van der Waals surface area contributed by atoms with Crippen molar-refractivity contribution in [3.05, 3.63) is 93.0 Å². The Hall–Kier alpha value is -3.97. The minimum Gasteiger partial charge on any atom is -0.507 e. The van der Waals surface area contributed by atoms with Crippen molar-refractivity contribution in [3.63, 3.8) is 0 Å². The van der Waals surface area contributed by atoms with E-state index in [4.69, 9.17) is 21.1 Å². The van der Waals surface area contributed by atoms with E-state index in [1.54, 1.807) is 31.2 Å². The topological polar surface area (TPSA) is 96.3 Å². The van der Waals surface area contributed by atoms with Gasteiger partial charge in [0, 0.05) is 12.1 Å². The SMILES string of the molecule is CCOc1cc(C2/C(=C(/O)c3ccc(Cl)c(OC)c3)C(=O)C(=O)N2Cc2cc(C)ccc2C)ccc1O. The van der Waals surface area contributed by atoms with Crippen molar-refractivity contribution in [3.8, 4) is 17.2 Å². The number of amides is 1. The third kappa shape index (κ3) is 5.00. The summed E-state index contributed by atoms with van der Waals surface area (Å²) < 4.78 is 10.8. The maximum absolute atomic E-state index is 13.4. The smallest absolute Gasteiger partial charge is 0.295 e. The quantitative estimate of drug-likeness (QED) is 0.235. The zero-order valence-corrected chi connectivity index (χ0v) is 21.8. The number of carbonyl (C=O) groups excluding carboxylic acids is 2. The second-order valence-electron chi connectivity index (χ2n) is 8.87. The van der Waals surface area contributed by atoms with Crippen LogP contribution in [0.4, 0.5) is 0 Å². The normalized spacial score (nSPS) is 16.8. The number of rotatable bonds is 7. The van der Waals surface area contributed by atoms with Gasteiger partial charge in [0.2, 0.25) is 0 Å². The van der Waals surface area contributed by atoms with E-state index in [-0.39, 0.29) is 34.9 Å². The van der Waals surface area contributed by atoms with Crippen LogP contribution >= 0.6 is 11.6 Å². The van der Waals surface area contributed by atoms with Crippen LogP contribution in [0.2, 0.25) is 5.02 Å². The molecule has 0 bridgehead atoms. The summed E-state index contributed by atoms with van der Waals surface area (Å²) in [6.45, 7) is 6.14. The third-order valence-electron chi connectivity index (χ3n) is 6.41. The number of ether oxygens (including phenoxy) is 2. The number of halogens is 1. The van der Waals surface area contributed by atoms with Gasteiger partial charge in [-0.05, 0) is 67.8 Å². The van der Waals surface area contributed by atoms with Crippen molar-refractivity contribution in [1.29, 1.82) is 0 Å². The van der Waals surface area contributed by atoms with Gasteiger partial charge in [-0.25, -0.2) is 0 Å². The molecular weight excluding hydrogens is 494 g/mol. The molecule has 0 aromatic heterocycles. The van der Waals surface area contributed by atoms with Crippen molar-refractivity contribution in [1.82, 2.24) is 4.90 Å². The number of aryl methyl sites for hydroxylation is 2. The lowest BCUT2D eigenvalue weighted by atomic mass is 9.94. The van der Waals surface area contributed by atoms with Crippen molar-refractivity contribution in [2.75, 3.05) is 13.7 Å². The van der Waals surface area contributed by atoms with Crippen LogP contribution in [0.15, 0.2) is 60.2 Å². The van der Waals surface area contributed by atoms with Gasteiger partial charge in [0.1, 0.15) is 11.5 Å². The molecule has 1 saturated heterocycles. The molecule has 0 radical (unpaired) electrons. The van der Waals surface area contributed by atoms with E-state index in [0.717, 1.165) is 16.7 Å². The molecular formula is C29H28ClNO6. The average molecular weight is 522 g/mol. The highest BCUT2D eigenvalue weighted by Crippen LogP contribution is 2.43. The molecule has 1 fully saturated rings. The number of ketones is 1. The standard InChI is InChI=1S/C29H28ClNO6/c1-5-37-24-13-18(9-11-22(24)32)26-25(27(33)19-8-10-21(30)23(14-19)36-4)28(34)29(35)31(26)15-20-12-16(2)6-7-17(20)3/h6-14,26,32-33H,5,15H2,1-4H3/b27-25-. The van der Waals surface area contributed by atoms with Crippen LogP contribution in [-0.2, 0) is 16.1 Å². The van der Waals surface area contributed by atoms with Crippen LogP contribution in [0, 0.1) is 13.8 Å². The highest BCUT2D eigenvalue weighted by Gasteiger charge is 2.46. The monoisotopic (exact) mass is 521 g/mol. The Morgan fingerprint density at radius 1 is 1.03 bits per heavy atom. The molecule has 1 atom stereocenters. The number of phenols is 1. The number of nitrogens with zero attached hydrogens (tertiary/aromatic N) is 1. The van der Waals surface area contributed by atoms with Gasteiger partial charge in [-0.2, -0.15) is 0 Å². The Bertz CT molecular complexity index is 1410. The van der Waals surface area contributed by atoms with Crippen LogP contribution in [0.3, 0.4) is 0 Å². The molecule has 2 N–H and O–H groups in total. The molecule has 0 aliphatic carbocycles. The molecule has 1 aliphatic heterocycles. The van der Waals surface area contributed by atoms with Crippen LogP contribution in [-0.4, -0.2) is 40.5 Å². The summed E-state index contributed by atoms with van der Waals surface area (Å²) >= 11 is 6.15. The minimum absolute atomic E-state index is 0.0699. The maximum atomic E-state index is 13.4. The zero-order valence-electron chi connectivity index (χ0n) is 21.0. The van der Waals surface area contributed by atoms with Crippen molar-refractivity contribution < 1.29 is 29.3 Å². The summed E-state index contributed by atoms with van der Waals surface area (Å²) in [5, 5.41) is 22.0. The van der Waals surface area contributed by atoms with Gasteiger partial charge in [-0.3, -0.25) is 9.59 Å². The summed E-state index contributed by atoms with van der Waals surface area (Å²) in [5.74, 6) is -1.44. The molecule has 3 aromatic rings. The number of hydrogen-bond donors (Lipinski definition) is 2. The molecule has 3 aromatic carbocycles. The fourth-order valence-corrected chi connectivity index (χ4v) is 4.67. The molecule has 1 unspecified atom stereocenters. The fourth-order valence-electron chi connectivity index (χ4n) is 4.48. The summed E-state index contributed by atoms with van der Waals surface area (Å²) in [7, 11) is 1.44. The van der Waals surface area contributed by atoms with Gasteiger partial charge in [0.05, 0.1) is 30.4 Å². The van der Waals surface area contributed by atoms with E-state index in [2.05, 4.69) is 0 Å². The van der Waals surface area contributed by atoms with Crippen molar-refractivity contribution in [2.45, 2.75) is 33.4 Å². The lowest BCUT2D eigenvalue weighted by Crippen LogP contribution is -2.29. The molecule has 4 rings (SSSR count). The predicted molar refractivity (Wildman–Crippen MR) is 141 cm³/mol. The number of carbonyl (C=O) groups is 2. The third-order valence-corrected chi connectivity index (χ3v) is 6.72. The highest BCUT2D eigenvalue weighted by atomic mass is 35.5. The molecule has 37 heavy (non-hydrogen) atoms. The first-order valence-corrected chi connectivity index (χ1v) is 12.2. The van der Waals surface area contributed by atoms with Crippen LogP contribution in [0.25, 0.3) is 5.76 Å². The first-order valence-electron chi connectivity index (χ1n) is 11.8. The summed E-state index contributed by atoms with van der Waals surface area (Å²) in [4.78, 5) is 28.2. The van der Waals surface area contributed by atoms with Crippen LogP contribution < -0.4 is 9.47 Å². The fraction of sp³-hybridized carbons (Fsp3) is 0.241. The number of aliphatic hydroxyl groups excluding tert-OH is 1. The Morgan fingerprint density at radius 3 is 2.49 bits per heavy atom. The molecule has 0 spiro atoms. The number of aromatic hydroxyl groups is 1. The number of likely N-dealkylation sites (tertiary alicyclic amines) is 1. The Labute approximate surface area is 220 Å². The van der Waals surface area contributed by atoms with Gasteiger partial charge in [-0.1, -0.05) is 41.4 Å². The van der Waals surface area contributed by atoms with Crippen LogP contribution in [0.1, 0.15) is 40.8 Å². The molecule has 192 valence electrons. The van der Waals surface area contributed by atoms with Gasteiger partial charge in [0.25, 0.3) is 11.7 Å². The first kappa shape index (κ1) is 26.1. The summed E-state index contributed by atoms with van der Waals surface area (Å²) in [5.41, 5.74) is 3.57. The van der Waals surface area contributed by atoms with Gasteiger partial charge in [-0.15, -0.1) is 0 Å². The molecule has 1 heterocycles. The molecule has 0 saturated carbocycles. The van der Waals surface area contributed by atoms with E-state index >= 15 is 0 Å². The number of aliphatic hydroxyl groups is 1. The Kier molecular flexibility index (Phi) is 7.45. The molecule has 1 amide bonds. The number of Topliss-reactive ketones (excluding diaryl/α,β-unsaturated/α-hetero) is 1. The Morgan fingerprint density at radius 2 is 1.78 bits per heavy atom. The zero-order chi connectivity index (χ0) is 26.9. The first-order chi connectivity index (χ1) is 17.7. The van der Waals surface area contributed by atoms with Crippen molar-refractivity contribution in [2.24, 2.45) is 0 Å². The van der Waals surface area contributed by atoms with E-state index < -0.39 is 17.7 Å². The highest BCUT2D eigenvalue weighted by molar-refractivity contribution is 6.46. The second-order valence-corrected chi connectivity index (χ2v) is 9.27.